The molecule has 10 nitrogen and oxygen atoms in total. The first-order valence-corrected chi connectivity index (χ1v) is 14.1. The molecular formula is C28H35F2N7O3. The van der Waals surface area contributed by atoms with Gasteiger partial charge < -0.3 is 19.7 Å². The lowest BCUT2D eigenvalue weighted by Crippen LogP contribution is -2.47. The molecule has 1 N–H and O–H groups in total. The summed E-state index contributed by atoms with van der Waals surface area (Å²) in [5.74, 6) is 0.780. The van der Waals surface area contributed by atoms with Crippen LogP contribution in [0.2, 0.25) is 0 Å². The number of morpholine rings is 1. The van der Waals surface area contributed by atoms with Crippen LogP contribution in [0.1, 0.15) is 50.8 Å². The highest BCUT2D eigenvalue weighted by Gasteiger charge is 2.31. The summed E-state index contributed by atoms with van der Waals surface area (Å²) < 4.78 is 41.5. The summed E-state index contributed by atoms with van der Waals surface area (Å²) in [6.45, 7) is 3.21. The molecular weight excluding hydrogens is 520 g/mol. The molecule has 12 heteroatoms. The number of likely N-dealkylation sites (tertiary alicyclic amines) is 1. The summed E-state index contributed by atoms with van der Waals surface area (Å²) in [4.78, 5) is 30.4. The number of aromatic nitrogens is 4. The molecule has 3 aliphatic rings. The standard InChI is InChI=1S/C28H35F2N7O3/c1-35-12-4-7-22(35)27(38)31-18-8-10-19(11-9-18)40-24-17-23(33-28(34-24)36-13-15-39-16-14-36)37-21-6-3-2-5-20(21)32-26(37)25(29)30/h2-3,5-6,17-19,22,25H,4,7-16H2,1H3,(H,31,38)/t18-,19-,22-/m1/s1. The van der Waals surface area contributed by atoms with Gasteiger partial charge in [-0.2, -0.15) is 9.97 Å². The van der Waals surface area contributed by atoms with Gasteiger partial charge in [0.1, 0.15) is 11.9 Å². The minimum atomic E-state index is -2.78. The summed E-state index contributed by atoms with van der Waals surface area (Å²) in [6.07, 6.45) is 2.20. The molecule has 0 unspecified atom stereocenters. The second-order valence-electron chi connectivity index (χ2n) is 10.8. The molecule has 1 amide bonds. The lowest BCUT2D eigenvalue weighted by Gasteiger charge is -2.31. The number of nitrogens with zero attached hydrogens (tertiary/aromatic N) is 6. The third kappa shape index (κ3) is 5.60. The molecule has 4 heterocycles. The normalized spacial score (nSPS) is 24.1. The third-order valence-corrected chi connectivity index (χ3v) is 8.11. The smallest absolute Gasteiger partial charge is 0.296 e. The Morgan fingerprint density at radius 3 is 2.55 bits per heavy atom. The van der Waals surface area contributed by atoms with Crippen LogP contribution >= 0.6 is 0 Å². The number of nitrogens with one attached hydrogen (secondary N) is 1. The van der Waals surface area contributed by atoms with E-state index in [1.165, 1.54) is 4.57 Å². The van der Waals surface area contributed by atoms with Crippen LogP contribution in [0.25, 0.3) is 16.9 Å². The van der Waals surface area contributed by atoms with Crippen LogP contribution in [-0.2, 0) is 9.53 Å². The lowest BCUT2D eigenvalue weighted by molar-refractivity contribution is -0.126. The van der Waals surface area contributed by atoms with E-state index in [2.05, 4.69) is 20.2 Å². The monoisotopic (exact) mass is 555 g/mol. The molecule has 0 radical (unpaired) electrons. The van der Waals surface area contributed by atoms with Crippen molar-refractivity contribution in [2.45, 2.75) is 63.1 Å². The number of imidazole rings is 1. The van der Waals surface area contributed by atoms with E-state index in [-0.39, 0.29) is 35.7 Å². The molecule has 0 spiro atoms. The summed E-state index contributed by atoms with van der Waals surface area (Å²) in [7, 11) is 2.00. The second kappa shape index (κ2) is 11.6. The third-order valence-electron chi connectivity index (χ3n) is 8.11. The van der Waals surface area contributed by atoms with Crippen molar-refractivity contribution in [2.75, 3.05) is 44.8 Å². The van der Waals surface area contributed by atoms with Crippen LogP contribution in [0.15, 0.2) is 30.3 Å². The Hall–Kier alpha value is -3.38. The van der Waals surface area contributed by atoms with E-state index in [4.69, 9.17) is 14.5 Å². The summed E-state index contributed by atoms with van der Waals surface area (Å²) >= 11 is 0. The van der Waals surface area contributed by atoms with E-state index >= 15 is 0 Å². The van der Waals surface area contributed by atoms with Gasteiger partial charge >= 0.3 is 0 Å². The van der Waals surface area contributed by atoms with Gasteiger partial charge in [0, 0.05) is 25.2 Å². The molecule has 2 aliphatic heterocycles. The van der Waals surface area contributed by atoms with Gasteiger partial charge in [0.15, 0.2) is 5.82 Å². The van der Waals surface area contributed by atoms with Crippen LogP contribution in [0.4, 0.5) is 14.7 Å². The Morgan fingerprint density at radius 1 is 1.05 bits per heavy atom. The molecule has 1 aliphatic carbocycles. The minimum absolute atomic E-state index is 0.0376. The van der Waals surface area contributed by atoms with Gasteiger partial charge in [-0.15, -0.1) is 0 Å². The first-order chi connectivity index (χ1) is 19.5. The molecule has 1 saturated carbocycles. The van der Waals surface area contributed by atoms with Gasteiger partial charge in [-0.05, 0) is 64.3 Å². The Balaban J connectivity index is 1.23. The first kappa shape index (κ1) is 26.8. The van der Waals surface area contributed by atoms with Gasteiger partial charge in [0.25, 0.3) is 6.43 Å². The number of hydrogen-bond donors (Lipinski definition) is 1. The number of amides is 1. The number of anilines is 1. The molecule has 3 fully saturated rings. The predicted molar refractivity (Wildman–Crippen MR) is 145 cm³/mol. The molecule has 2 aromatic heterocycles. The fraction of sp³-hybridized carbons (Fsp3) is 0.571. The molecule has 0 bridgehead atoms. The van der Waals surface area contributed by atoms with Crippen molar-refractivity contribution < 1.29 is 23.0 Å². The number of halogens is 2. The zero-order valence-corrected chi connectivity index (χ0v) is 22.6. The van der Waals surface area contributed by atoms with E-state index in [0.29, 0.717) is 49.2 Å². The number of ether oxygens (including phenoxy) is 2. The first-order valence-electron chi connectivity index (χ1n) is 14.1. The average Bonchev–Trinajstić information content (AvgIpc) is 3.58. The fourth-order valence-corrected chi connectivity index (χ4v) is 5.95. The SMILES string of the molecule is CN1CCC[C@@H]1C(=O)N[C@H]1CC[C@H](Oc2cc(-n3c(C(F)F)nc4ccccc43)nc(N3CCOCC3)n2)CC1. The zero-order valence-electron chi connectivity index (χ0n) is 22.6. The van der Waals surface area contributed by atoms with Crippen molar-refractivity contribution in [1.82, 2.24) is 29.7 Å². The number of hydrogen-bond acceptors (Lipinski definition) is 8. The van der Waals surface area contributed by atoms with E-state index in [1.807, 2.05) is 11.9 Å². The maximum atomic E-state index is 14.1. The number of fused-ring (bicyclic) bond motifs is 1. The van der Waals surface area contributed by atoms with Crippen LogP contribution in [0, 0.1) is 0 Å². The zero-order chi connectivity index (χ0) is 27.6. The number of alkyl halides is 2. The number of benzene rings is 1. The van der Waals surface area contributed by atoms with Gasteiger partial charge in [-0.1, -0.05) is 12.1 Å². The topological polar surface area (TPSA) is 97.6 Å². The van der Waals surface area contributed by atoms with Gasteiger partial charge in [0.05, 0.1) is 30.3 Å². The van der Waals surface area contributed by atoms with Crippen molar-refractivity contribution >= 4 is 22.9 Å². The molecule has 1 atom stereocenters. The van der Waals surface area contributed by atoms with Gasteiger partial charge in [-0.25, -0.2) is 13.8 Å². The quantitative estimate of drug-likeness (QED) is 0.473. The van der Waals surface area contributed by atoms with E-state index in [1.54, 1.807) is 30.3 Å². The van der Waals surface area contributed by atoms with Crippen LogP contribution in [0.5, 0.6) is 5.88 Å². The fourth-order valence-electron chi connectivity index (χ4n) is 5.95. The molecule has 1 aromatic carbocycles. The van der Waals surface area contributed by atoms with E-state index in [9.17, 15) is 13.6 Å². The molecule has 214 valence electrons. The van der Waals surface area contributed by atoms with Crippen molar-refractivity contribution in [1.29, 1.82) is 0 Å². The molecule has 3 aromatic rings. The average molecular weight is 556 g/mol. The number of likely N-dealkylation sites (N-methyl/N-ethyl adjacent to an activating group) is 1. The van der Waals surface area contributed by atoms with Crippen molar-refractivity contribution in [3.63, 3.8) is 0 Å². The second-order valence-corrected chi connectivity index (χ2v) is 10.8. The number of carbonyl (C=O) groups excluding carboxylic acids is 1. The highest BCUT2D eigenvalue weighted by atomic mass is 19.3. The highest BCUT2D eigenvalue weighted by molar-refractivity contribution is 5.82. The maximum absolute atomic E-state index is 14.1. The largest absolute Gasteiger partial charge is 0.474 e. The van der Waals surface area contributed by atoms with Crippen LogP contribution in [-0.4, -0.2) is 88.4 Å². The predicted octanol–water partition coefficient (Wildman–Crippen LogP) is 3.49. The summed E-state index contributed by atoms with van der Waals surface area (Å²) in [5.41, 5.74) is 1.01. The van der Waals surface area contributed by atoms with E-state index in [0.717, 1.165) is 45.1 Å². The number of carbonyl (C=O) groups is 1. The van der Waals surface area contributed by atoms with Crippen molar-refractivity contribution in [3.05, 3.63) is 36.2 Å². The van der Waals surface area contributed by atoms with Gasteiger partial charge in [-0.3, -0.25) is 14.3 Å². The Morgan fingerprint density at radius 2 is 1.82 bits per heavy atom. The van der Waals surface area contributed by atoms with Crippen molar-refractivity contribution in [2.24, 2.45) is 0 Å². The van der Waals surface area contributed by atoms with E-state index < -0.39 is 6.43 Å². The van der Waals surface area contributed by atoms with Crippen LogP contribution in [0.3, 0.4) is 0 Å². The summed E-state index contributed by atoms with van der Waals surface area (Å²) in [5, 5.41) is 3.23. The van der Waals surface area contributed by atoms with Crippen LogP contribution < -0.4 is 15.0 Å². The minimum Gasteiger partial charge on any atom is -0.474 e. The summed E-state index contributed by atoms with van der Waals surface area (Å²) in [6, 6.07) is 8.73. The number of rotatable bonds is 7. The Bertz CT molecular complexity index is 1340. The number of para-hydroxylation sites is 2. The molecule has 40 heavy (non-hydrogen) atoms. The lowest BCUT2D eigenvalue weighted by atomic mass is 9.92. The Labute approximate surface area is 231 Å². The molecule has 6 rings (SSSR count). The maximum Gasteiger partial charge on any atom is 0.296 e. The van der Waals surface area contributed by atoms with Crippen molar-refractivity contribution in [3.8, 4) is 11.7 Å². The van der Waals surface area contributed by atoms with Gasteiger partial charge in [0.2, 0.25) is 17.7 Å². The Kier molecular flexibility index (Phi) is 7.79. The molecule has 2 saturated heterocycles. The highest BCUT2D eigenvalue weighted by Crippen LogP contribution is 2.31.